The molecule has 0 radical (unpaired) electrons. The van der Waals surface area contributed by atoms with Gasteiger partial charge in [0.2, 0.25) is 0 Å². The summed E-state index contributed by atoms with van der Waals surface area (Å²) < 4.78 is 6.26. The highest BCUT2D eigenvalue weighted by Crippen LogP contribution is 2.35. The molecule has 0 saturated heterocycles. The molecular formula is C16H13BrCl2O2. The van der Waals surface area contributed by atoms with Gasteiger partial charge >= 0.3 is 0 Å². The maximum Gasteiger partial charge on any atom is 0.198 e. The molecule has 0 atom stereocenters. The Balaban J connectivity index is 2.71. The van der Waals surface area contributed by atoms with Crippen molar-refractivity contribution in [3.8, 4) is 5.75 Å². The second kappa shape index (κ2) is 6.39. The van der Waals surface area contributed by atoms with Crippen molar-refractivity contribution in [1.82, 2.24) is 0 Å². The van der Waals surface area contributed by atoms with Gasteiger partial charge in [-0.05, 0) is 49.2 Å². The molecule has 0 aliphatic carbocycles. The summed E-state index contributed by atoms with van der Waals surface area (Å²) in [5.41, 5.74) is 2.53. The van der Waals surface area contributed by atoms with Crippen LogP contribution >= 0.6 is 39.1 Å². The molecule has 2 aromatic rings. The van der Waals surface area contributed by atoms with Crippen LogP contribution in [-0.4, -0.2) is 12.9 Å². The van der Waals surface area contributed by atoms with Gasteiger partial charge in [0.15, 0.2) is 5.78 Å². The molecule has 0 N–H and O–H groups in total. The van der Waals surface area contributed by atoms with Crippen LogP contribution in [0, 0.1) is 13.8 Å². The number of aryl methyl sites for hydroxylation is 1. The molecule has 5 heteroatoms. The molecule has 2 rings (SSSR count). The van der Waals surface area contributed by atoms with Gasteiger partial charge < -0.3 is 4.74 Å². The van der Waals surface area contributed by atoms with E-state index >= 15 is 0 Å². The van der Waals surface area contributed by atoms with E-state index in [4.69, 9.17) is 27.9 Å². The highest BCUT2D eigenvalue weighted by molar-refractivity contribution is 9.10. The zero-order valence-corrected chi connectivity index (χ0v) is 14.9. The quantitative estimate of drug-likeness (QED) is 0.639. The topological polar surface area (TPSA) is 26.3 Å². The molecule has 0 saturated carbocycles. The molecular weight excluding hydrogens is 375 g/mol. The SMILES string of the molecule is COc1c(C)cc(Br)c(C)c1C(=O)c1cc(Cl)ccc1Cl. The minimum atomic E-state index is -0.207. The highest BCUT2D eigenvalue weighted by atomic mass is 79.9. The largest absolute Gasteiger partial charge is 0.496 e. The molecule has 0 heterocycles. The van der Waals surface area contributed by atoms with Gasteiger partial charge in [-0.1, -0.05) is 39.1 Å². The fourth-order valence-corrected chi connectivity index (χ4v) is 3.11. The molecule has 0 fully saturated rings. The standard InChI is InChI=1S/C16H13BrCl2O2/c1-8-6-12(17)9(2)14(16(8)21-3)15(20)11-7-10(18)4-5-13(11)19/h4-7H,1-3H3. The Hall–Kier alpha value is -1.03. The van der Waals surface area contributed by atoms with Crippen molar-refractivity contribution < 1.29 is 9.53 Å². The minimum absolute atomic E-state index is 0.207. The number of halogens is 3. The number of carbonyl (C=O) groups excluding carboxylic acids is 1. The van der Waals surface area contributed by atoms with Gasteiger partial charge in [-0.3, -0.25) is 4.79 Å². The zero-order valence-electron chi connectivity index (χ0n) is 11.8. The summed E-state index contributed by atoms with van der Waals surface area (Å²) in [6.07, 6.45) is 0. The maximum atomic E-state index is 12.9. The Morgan fingerprint density at radius 1 is 1.19 bits per heavy atom. The first kappa shape index (κ1) is 16.3. The van der Waals surface area contributed by atoms with E-state index in [9.17, 15) is 4.79 Å². The summed E-state index contributed by atoms with van der Waals surface area (Å²) in [5, 5.41) is 0.828. The number of hydrogen-bond donors (Lipinski definition) is 0. The molecule has 0 spiro atoms. The van der Waals surface area contributed by atoms with Crippen molar-refractivity contribution in [3.63, 3.8) is 0 Å². The number of hydrogen-bond acceptors (Lipinski definition) is 2. The molecule has 0 unspecified atom stereocenters. The molecule has 0 aliphatic heterocycles. The van der Waals surface area contributed by atoms with E-state index in [2.05, 4.69) is 15.9 Å². The lowest BCUT2D eigenvalue weighted by Gasteiger charge is -2.15. The van der Waals surface area contributed by atoms with E-state index in [1.807, 2.05) is 19.9 Å². The van der Waals surface area contributed by atoms with Gasteiger partial charge in [0.1, 0.15) is 5.75 Å². The summed E-state index contributed by atoms with van der Waals surface area (Å²) in [6, 6.07) is 6.76. The summed E-state index contributed by atoms with van der Waals surface area (Å²) >= 11 is 15.6. The monoisotopic (exact) mass is 386 g/mol. The lowest BCUT2D eigenvalue weighted by atomic mass is 9.96. The Labute approximate surface area is 142 Å². The molecule has 110 valence electrons. The first-order valence-electron chi connectivity index (χ1n) is 6.20. The second-order valence-electron chi connectivity index (χ2n) is 4.66. The van der Waals surface area contributed by atoms with Crippen LogP contribution < -0.4 is 4.74 Å². The third-order valence-corrected chi connectivity index (χ3v) is 4.65. The van der Waals surface area contributed by atoms with Crippen molar-refractivity contribution in [2.24, 2.45) is 0 Å². The van der Waals surface area contributed by atoms with Gasteiger partial charge in [0.25, 0.3) is 0 Å². The second-order valence-corrected chi connectivity index (χ2v) is 6.36. The Morgan fingerprint density at radius 2 is 1.86 bits per heavy atom. The van der Waals surface area contributed by atoms with Gasteiger partial charge in [-0.15, -0.1) is 0 Å². The van der Waals surface area contributed by atoms with Crippen LogP contribution in [0.1, 0.15) is 27.0 Å². The van der Waals surface area contributed by atoms with E-state index in [1.54, 1.807) is 25.3 Å². The number of rotatable bonds is 3. The van der Waals surface area contributed by atoms with Crippen LogP contribution in [-0.2, 0) is 0 Å². The third kappa shape index (κ3) is 3.10. The number of benzene rings is 2. The van der Waals surface area contributed by atoms with Crippen molar-refractivity contribution in [2.75, 3.05) is 7.11 Å². The number of methoxy groups -OCH3 is 1. The van der Waals surface area contributed by atoms with Crippen molar-refractivity contribution in [2.45, 2.75) is 13.8 Å². The lowest BCUT2D eigenvalue weighted by Crippen LogP contribution is -2.09. The Morgan fingerprint density at radius 3 is 2.48 bits per heavy atom. The number of carbonyl (C=O) groups is 1. The van der Waals surface area contributed by atoms with Crippen molar-refractivity contribution in [1.29, 1.82) is 0 Å². The summed E-state index contributed by atoms with van der Waals surface area (Å²) in [4.78, 5) is 12.9. The predicted octanol–water partition coefficient (Wildman–Crippen LogP) is 5.61. The predicted molar refractivity (Wildman–Crippen MR) is 90.1 cm³/mol. The number of ether oxygens (including phenoxy) is 1. The smallest absolute Gasteiger partial charge is 0.198 e. The maximum absolute atomic E-state index is 12.9. The van der Waals surface area contributed by atoms with Crippen molar-refractivity contribution >= 4 is 44.9 Å². The fraction of sp³-hybridized carbons (Fsp3) is 0.188. The van der Waals surface area contributed by atoms with Gasteiger partial charge in [-0.2, -0.15) is 0 Å². The molecule has 2 nitrogen and oxygen atoms in total. The van der Waals surface area contributed by atoms with E-state index in [1.165, 1.54) is 0 Å². The van der Waals surface area contributed by atoms with Crippen LogP contribution in [0.3, 0.4) is 0 Å². The lowest BCUT2D eigenvalue weighted by molar-refractivity contribution is 0.103. The molecule has 0 amide bonds. The first-order valence-corrected chi connectivity index (χ1v) is 7.75. The average molecular weight is 388 g/mol. The molecule has 2 aromatic carbocycles. The van der Waals surface area contributed by atoms with E-state index in [0.29, 0.717) is 26.9 Å². The Kier molecular flexibility index (Phi) is 4.97. The minimum Gasteiger partial charge on any atom is -0.496 e. The van der Waals surface area contributed by atoms with Crippen LogP contribution in [0.25, 0.3) is 0 Å². The van der Waals surface area contributed by atoms with Gasteiger partial charge in [0, 0.05) is 15.1 Å². The van der Waals surface area contributed by atoms with E-state index < -0.39 is 0 Å². The first-order chi connectivity index (χ1) is 9.86. The fourth-order valence-electron chi connectivity index (χ4n) is 2.19. The Bertz CT molecular complexity index is 727. The molecule has 0 aromatic heterocycles. The van der Waals surface area contributed by atoms with Crippen LogP contribution in [0.4, 0.5) is 0 Å². The molecule has 0 aliphatic rings. The molecule has 21 heavy (non-hydrogen) atoms. The highest BCUT2D eigenvalue weighted by Gasteiger charge is 2.23. The van der Waals surface area contributed by atoms with Crippen LogP contribution in [0.2, 0.25) is 10.0 Å². The van der Waals surface area contributed by atoms with E-state index in [0.717, 1.165) is 15.6 Å². The van der Waals surface area contributed by atoms with Gasteiger partial charge in [-0.25, -0.2) is 0 Å². The molecule has 0 bridgehead atoms. The summed E-state index contributed by atoms with van der Waals surface area (Å²) in [5.74, 6) is 0.345. The zero-order chi connectivity index (χ0) is 15.7. The summed E-state index contributed by atoms with van der Waals surface area (Å²) in [6.45, 7) is 3.75. The van der Waals surface area contributed by atoms with E-state index in [-0.39, 0.29) is 5.78 Å². The average Bonchev–Trinajstić information content (AvgIpc) is 2.44. The normalized spacial score (nSPS) is 10.6. The third-order valence-electron chi connectivity index (χ3n) is 3.27. The van der Waals surface area contributed by atoms with Crippen molar-refractivity contribution in [3.05, 3.63) is 61.0 Å². The summed E-state index contributed by atoms with van der Waals surface area (Å²) in [7, 11) is 1.55. The van der Waals surface area contributed by atoms with Crippen LogP contribution in [0.5, 0.6) is 5.75 Å². The van der Waals surface area contributed by atoms with Crippen LogP contribution in [0.15, 0.2) is 28.7 Å². The van der Waals surface area contributed by atoms with Gasteiger partial charge in [0.05, 0.1) is 17.7 Å². The number of ketones is 1.